The van der Waals surface area contributed by atoms with Crippen LogP contribution in [0.15, 0.2) is 77.7 Å². The van der Waals surface area contributed by atoms with Crippen molar-refractivity contribution in [3.8, 4) is 5.69 Å². The number of hydrogen-bond donors (Lipinski definition) is 2. The number of nitrogens with zero attached hydrogens (tertiary/aromatic N) is 2. The topological polar surface area (TPSA) is 79.8 Å². The van der Waals surface area contributed by atoms with Crippen molar-refractivity contribution < 1.29 is 4.79 Å². The summed E-state index contributed by atoms with van der Waals surface area (Å²) in [7, 11) is 0. The lowest BCUT2D eigenvalue weighted by Crippen LogP contribution is -2.22. The Labute approximate surface area is 190 Å². The van der Waals surface area contributed by atoms with Crippen LogP contribution in [0, 0.1) is 6.92 Å². The predicted octanol–water partition coefficient (Wildman–Crippen LogP) is 4.67. The van der Waals surface area contributed by atoms with Gasteiger partial charge < -0.3 is 5.32 Å². The molecule has 6 nitrogen and oxygen atoms in total. The molecule has 1 amide bonds. The lowest BCUT2D eigenvalue weighted by molar-refractivity contribution is 0.0951. The number of aromatic nitrogens is 3. The van der Waals surface area contributed by atoms with Gasteiger partial charge in [0.15, 0.2) is 0 Å². The molecule has 2 aromatic heterocycles. The number of fused-ring (bicyclic) bond motifs is 3. The molecule has 2 N–H and O–H groups in total. The first-order valence-corrected chi connectivity index (χ1v) is 11.0. The summed E-state index contributed by atoms with van der Waals surface area (Å²) >= 11 is 0. The van der Waals surface area contributed by atoms with E-state index in [1.807, 2.05) is 55.5 Å². The maximum Gasteiger partial charge on any atom is 0.280 e. The Bertz CT molecular complexity index is 1530. The summed E-state index contributed by atoms with van der Waals surface area (Å²) in [5.74, 6) is -0.175. The van der Waals surface area contributed by atoms with E-state index in [9.17, 15) is 9.59 Å². The smallest absolute Gasteiger partial charge is 0.280 e. The lowest BCUT2D eigenvalue weighted by Gasteiger charge is -2.07. The Morgan fingerprint density at radius 1 is 0.970 bits per heavy atom. The molecule has 0 bridgehead atoms. The van der Waals surface area contributed by atoms with Crippen LogP contribution < -0.4 is 10.9 Å². The minimum atomic E-state index is -0.175. The van der Waals surface area contributed by atoms with Gasteiger partial charge in [0.05, 0.1) is 22.1 Å². The van der Waals surface area contributed by atoms with Crippen molar-refractivity contribution in [2.24, 2.45) is 0 Å². The average Bonchev–Trinajstić information content (AvgIpc) is 3.20. The molecule has 5 rings (SSSR count). The van der Waals surface area contributed by atoms with Crippen molar-refractivity contribution in [3.05, 3.63) is 106 Å². The zero-order chi connectivity index (χ0) is 22.9. The number of benzene rings is 3. The van der Waals surface area contributed by atoms with Crippen LogP contribution in [0.5, 0.6) is 0 Å². The molecule has 3 aromatic carbocycles. The van der Waals surface area contributed by atoms with Crippen molar-refractivity contribution in [3.63, 3.8) is 0 Å². The molecule has 164 valence electrons. The predicted molar refractivity (Wildman–Crippen MR) is 131 cm³/mol. The molecule has 0 aliphatic carbocycles. The summed E-state index contributed by atoms with van der Waals surface area (Å²) in [5, 5.41) is 7.40. The first-order valence-electron chi connectivity index (χ1n) is 11.0. The van der Waals surface area contributed by atoms with Crippen LogP contribution in [0.25, 0.3) is 27.5 Å². The Kier molecular flexibility index (Phi) is 5.26. The van der Waals surface area contributed by atoms with Gasteiger partial charge >= 0.3 is 0 Å². The largest absolute Gasteiger partial charge is 0.348 e. The molecule has 0 spiro atoms. The quantitative estimate of drug-likeness (QED) is 0.420. The molecule has 33 heavy (non-hydrogen) atoms. The van der Waals surface area contributed by atoms with Crippen LogP contribution in [0.2, 0.25) is 0 Å². The first kappa shape index (κ1) is 20.7. The SMILES string of the molecule is CCc1ccc(-n2[nH]c3c(cnc4ccc(C(=O)NCc5ccc(C)cc5)cc43)c2=O)cc1. The number of pyridine rings is 1. The third-order valence-corrected chi connectivity index (χ3v) is 5.96. The fourth-order valence-corrected chi connectivity index (χ4v) is 3.95. The third-order valence-electron chi connectivity index (χ3n) is 5.96. The van der Waals surface area contributed by atoms with Crippen LogP contribution >= 0.6 is 0 Å². The molecular formula is C27H24N4O2. The summed E-state index contributed by atoms with van der Waals surface area (Å²) in [4.78, 5) is 30.3. The number of carbonyl (C=O) groups excluding carboxylic acids is 1. The average molecular weight is 437 g/mol. The number of aryl methyl sites for hydroxylation is 2. The Balaban J connectivity index is 1.50. The highest BCUT2D eigenvalue weighted by atomic mass is 16.1. The summed E-state index contributed by atoms with van der Waals surface area (Å²) in [5.41, 5.74) is 5.91. The lowest BCUT2D eigenvalue weighted by atomic mass is 10.1. The second kappa shape index (κ2) is 8.39. The van der Waals surface area contributed by atoms with Gasteiger partial charge in [-0.05, 0) is 54.8 Å². The zero-order valence-corrected chi connectivity index (χ0v) is 18.6. The Hall–Kier alpha value is -4.19. The van der Waals surface area contributed by atoms with Crippen LogP contribution in [0.3, 0.4) is 0 Å². The monoisotopic (exact) mass is 436 g/mol. The number of carbonyl (C=O) groups is 1. The van der Waals surface area contributed by atoms with E-state index in [4.69, 9.17) is 0 Å². The summed E-state index contributed by atoms with van der Waals surface area (Å²) in [6.45, 7) is 4.57. The number of rotatable bonds is 5. The molecule has 0 atom stereocenters. The van der Waals surface area contributed by atoms with Crippen molar-refractivity contribution in [1.82, 2.24) is 20.1 Å². The summed E-state index contributed by atoms with van der Waals surface area (Å²) in [6, 6.07) is 21.3. The van der Waals surface area contributed by atoms with Gasteiger partial charge in [0.1, 0.15) is 0 Å². The highest BCUT2D eigenvalue weighted by Gasteiger charge is 2.14. The van der Waals surface area contributed by atoms with Gasteiger partial charge in [-0.3, -0.25) is 19.7 Å². The van der Waals surface area contributed by atoms with Gasteiger partial charge in [-0.2, -0.15) is 0 Å². The zero-order valence-electron chi connectivity index (χ0n) is 18.6. The van der Waals surface area contributed by atoms with Gasteiger partial charge in [-0.1, -0.05) is 48.9 Å². The number of aromatic amines is 1. The molecule has 2 heterocycles. The molecule has 0 aliphatic rings. The van der Waals surface area contributed by atoms with Gasteiger partial charge in [0, 0.05) is 23.7 Å². The van der Waals surface area contributed by atoms with E-state index in [1.165, 1.54) is 15.8 Å². The molecule has 0 saturated carbocycles. The standard InChI is InChI=1S/C27H24N4O2/c1-3-18-8-11-21(12-9-18)31-27(33)23-16-28-24-13-10-20(14-22(24)25(23)30-31)26(32)29-15-19-6-4-17(2)5-7-19/h4-14,16,30H,3,15H2,1-2H3,(H,29,32). The molecule has 0 unspecified atom stereocenters. The normalized spacial score (nSPS) is 11.2. The number of nitrogens with one attached hydrogen (secondary N) is 2. The first-order chi connectivity index (χ1) is 16.0. The van der Waals surface area contributed by atoms with Crippen molar-refractivity contribution in [2.45, 2.75) is 26.8 Å². The number of H-pyrrole nitrogens is 1. The summed E-state index contributed by atoms with van der Waals surface area (Å²) in [6.07, 6.45) is 2.52. The van der Waals surface area contributed by atoms with Crippen LogP contribution in [-0.4, -0.2) is 20.7 Å². The van der Waals surface area contributed by atoms with Crippen LogP contribution in [0.1, 0.15) is 34.0 Å². The number of amides is 1. The molecule has 0 fully saturated rings. The van der Waals surface area contributed by atoms with E-state index in [0.29, 0.717) is 28.5 Å². The number of hydrogen-bond acceptors (Lipinski definition) is 3. The van der Waals surface area contributed by atoms with E-state index in [0.717, 1.165) is 23.1 Å². The molecule has 0 aliphatic heterocycles. The third kappa shape index (κ3) is 3.91. The van der Waals surface area contributed by atoms with Crippen molar-refractivity contribution >= 4 is 27.7 Å². The van der Waals surface area contributed by atoms with Gasteiger partial charge in [0.2, 0.25) is 0 Å². The summed E-state index contributed by atoms with van der Waals surface area (Å²) < 4.78 is 1.52. The van der Waals surface area contributed by atoms with Crippen LogP contribution in [0.4, 0.5) is 0 Å². The second-order valence-electron chi connectivity index (χ2n) is 8.22. The van der Waals surface area contributed by atoms with E-state index in [1.54, 1.807) is 24.4 Å². The van der Waals surface area contributed by atoms with Gasteiger partial charge in [-0.25, -0.2) is 4.68 Å². The fraction of sp³-hybridized carbons (Fsp3) is 0.148. The van der Waals surface area contributed by atoms with E-state index in [2.05, 4.69) is 22.3 Å². The minimum Gasteiger partial charge on any atom is -0.348 e. The fourth-order valence-electron chi connectivity index (χ4n) is 3.95. The molecule has 0 radical (unpaired) electrons. The highest BCUT2D eigenvalue weighted by molar-refractivity contribution is 6.06. The Morgan fingerprint density at radius 3 is 2.42 bits per heavy atom. The minimum absolute atomic E-state index is 0.169. The van der Waals surface area contributed by atoms with Crippen molar-refractivity contribution in [1.29, 1.82) is 0 Å². The maximum atomic E-state index is 13.0. The van der Waals surface area contributed by atoms with Gasteiger partial charge in [0.25, 0.3) is 11.5 Å². The van der Waals surface area contributed by atoms with Crippen molar-refractivity contribution in [2.75, 3.05) is 0 Å². The molecular weight excluding hydrogens is 412 g/mol. The highest BCUT2D eigenvalue weighted by Crippen LogP contribution is 2.22. The van der Waals surface area contributed by atoms with E-state index < -0.39 is 0 Å². The molecule has 0 saturated heterocycles. The second-order valence-corrected chi connectivity index (χ2v) is 8.22. The maximum absolute atomic E-state index is 13.0. The van der Waals surface area contributed by atoms with E-state index >= 15 is 0 Å². The Morgan fingerprint density at radius 2 is 1.70 bits per heavy atom. The van der Waals surface area contributed by atoms with Gasteiger partial charge in [-0.15, -0.1) is 0 Å². The van der Waals surface area contributed by atoms with E-state index in [-0.39, 0.29) is 11.5 Å². The molecule has 6 heteroatoms. The molecule has 5 aromatic rings. The van der Waals surface area contributed by atoms with Crippen LogP contribution in [-0.2, 0) is 13.0 Å².